The Kier molecular flexibility index (Phi) is 18.3. The number of carbonyl (C=O) groups is 3. The average Bonchev–Trinajstić information content (AvgIpc) is 2.71. The molecule has 3 aromatic carbocycles. The number of hydrogen-bond donors (Lipinski definition) is 3. The van der Waals surface area contributed by atoms with Gasteiger partial charge in [-0.1, -0.05) is 54.6 Å². The molecule has 3 rings (SSSR count). The number of benzene rings is 3. The first kappa shape index (κ1) is 31.2. The van der Waals surface area contributed by atoms with Crippen LogP contribution in [0.15, 0.2) is 91.0 Å². The minimum absolute atomic E-state index is 0. The average molecular weight is 458 g/mol. The van der Waals surface area contributed by atoms with Crippen LogP contribution in [0.2, 0.25) is 0 Å². The molecule has 0 radical (unpaired) electrons. The van der Waals surface area contributed by atoms with E-state index in [1.165, 1.54) is 0 Å². The van der Waals surface area contributed by atoms with E-state index in [1.54, 1.807) is 91.0 Å². The number of carboxylic acids is 3. The molecule has 3 aromatic rings. The Morgan fingerprint density at radius 2 is 0.600 bits per heavy atom. The van der Waals surface area contributed by atoms with E-state index in [0.717, 1.165) is 0 Å². The van der Waals surface area contributed by atoms with Gasteiger partial charge in [0.15, 0.2) is 0 Å². The quantitative estimate of drug-likeness (QED) is 0.508. The molecule has 0 aliphatic heterocycles. The molecule has 0 heterocycles. The molecule has 0 fully saturated rings. The van der Waals surface area contributed by atoms with Crippen LogP contribution in [0.5, 0.6) is 0 Å². The van der Waals surface area contributed by atoms with Crippen LogP contribution in [0.3, 0.4) is 0 Å². The molecule has 0 spiro atoms. The summed E-state index contributed by atoms with van der Waals surface area (Å²) in [7, 11) is 0. The third-order valence-electron chi connectivity index (χ3n) is 3.06. The van der Waals surface area contributed by atoms with E-state index in [-0.39, 0.29) is 28.0 Å². The van der Waals surface area contributed by atoms with E-state index in [0.29, 0.717) is 16.7 Å². The van der Waals surface area contributed by atoms with Gasteiger partial charge in [0.2, 0.25) is 0 Å². The molecule has 9 heteroatoms. The molecular weight excluding hydrogens is 436 g/mol. The monoisotopic (exact) mass is 458 g/mol. The molecule has 0 saturated carbocycles. The first-order chi connectivity index (χ1) is 12.9. The second-order valence-corrected chi connectivity index (χ2v) is 5.01. The van der Waals surface area contributed by atoms with E-state index in [9.17, 15) is 14.4 Å². The molecule has 162 valence electrons. The van der Waals surface area contributed by atoms with E-state index in [2.05, 4.69) is 0 Å². The fourth-order valence-corrected chi connectivity index (χ4v) is 1.74. The molecule has 0 aliphatic carbocycles. The summed E-state index contributed by atoms with van der Waals surface area (Å²) < 4.78 is 0. The minimum atomic E-state index is -0.879. The van der Waals surface area contributed by atoms with Gasteiger partial charge in [0, 0.05) is 17.1 Å². The molecule has 30 heavy (non-hydrogen) atoms. The maximum Gasteiger partial charge on any atom is 0.335 e. The Morgan fingerprint density at radius 1 is 0.433 bits per heavy atom. The molecule has 0 aromatic heterocycles. The number of carboxylic acid groups (broad SMARTS) is 3. The standard InChI is InChI=1S/3C7H6O2.Fe.2H2O/c3*8-7(9)6-4-2-1-3-5-6;;;/h3*1-5H,(H,8,9);;2*1H2. The van der Waals surface area contributed by atoms with Crippen LogP contribution < -0.4 is 0 Å². The molecule has 0 amide bonds. The summed E-state index contributed by atoms with van der Waals surface area (Å²) in [5.41, 5.74) is 0.993. The minimum Gasteiger partial charge on any atom is -0.478 e. The Labute approximate surface area is 183 Å². The van der Waals surface area contributed by atoms with Crippen molar-refractivity contribution in [3.8, 4) is 0 Å². The van der Waals surface area contributed by atoms with Crippen LogP contribution in [0.4, 0.5) is 0 Å². The molecule has 0 bridgehead atoms. The summed E-state index contributed by atoms with van der Waals surface area (Å²) in [5.74, 6) is -2.64. The van der Waals surface area contributed by atoms with Crippen molar-refractivity contribution in [3.05, 3.63) is 108 Å². The SMILES string of the molecule is O.O.O=C(O)c1ccccc1.O=C(O)c1ccccc1.O=C(O)c1ccccc1.[Fe]. The zero-order valence-electron chi connectivity index (χ0n) is 15.6. The first-order valence-corrected chi connectivity index (χ1v) is 7.77. The van der Waals surface area contributed by atoms with Crippen molar-refractivity contribution in [3.63, 3.8) is 0 Å². The largest absolute Gasteiger partial charge is 0.478 e. The third kappa shape index (κ3) is 12.8. The Morgan fingerprint density at radius 3 is 0.700 bits per heavy atom. The predicted octanol–water partition coefficient (Wildman–Crippen LogP) is 2.50. The van der Waals surface area contributed by atoms with Gasteiger partial charge in [0.05, 0.1) is 16.7 Å². The second-order valence-electron chi connectivity index (χ2n) is 5.01. The fraction of sp³-hybridized carbons (Fsp3) is 0. The van der Waals surface area contributed by atoms with Gasteiger partial charge in [-0.3, -0.25) is 0 Å². The zero-order valence-corrected chi connectivity index (χ0v) is 16.7. The van der Waals surface area contributed by atoms with Crippen LogP contribution >= 0.6 is 0 Å². The molecule has 0 aliphatic rings. The van der Waals surface area contributed by atoms with Crippen LogP contribution in [-0.2, 0) is 17.1 Å². The van der Waals surface area contributed by atoms with E-state index in [1.807, 2.05) is 0 Å². The van der Waals surface area contributed by atoms with Crippen molar-refractivity contribution in [2.45, 2.75) is 0 Å². The maximum atomic E-state index is 10.2. The van der Waals surface area contributed by atoms with Gasteiger partial charge in [-0.05, 0) is 36.4 Å². The van der Waals surface area contributed by atoms with Gasteiger partial charge < -0.3 is 26.3 Å². The summed E-state index contributed by atoms with van der Waals surface area (Å²) in [6, 6.07) is 24.9. The fourth-order valence-electron chi connectivity index (χ4n) is 1.74. The number of rotatable bonds is 3. The van der Waals surface area contributed by atoms with Crippen LogP contribution in [-0.4, -0.2) is 44.2 Å². The molecular formula is C21H22FeO8. The normalized spacial score (nSPS) is 8.00. The maximum absolute atomic E-state index is 10.2. The van der Waals surface area contributed by atoms with Crippen LogP contribution in [0, 0.1) is 0 Å². The van der Waals surface area contributed by atoms with E-state index >= 15 is 0 Å². The van der Waals surface area contributed by atoms with Crippen molar-refractivity contribution in [2.75, 3.05) is 0 Å². The molecule has 8 nitrogen and oxygen atoms in total. The Balaban J connectivity index is -0.000000347. The van der Waals surface area contributed by atoms with Gasteiger partial charge in [-0.2, -0.15) is 0 Å². The molecule has 0 saturated heterocycles. The predicted molar refractivity (Wildman–Crippen MR) is 107 cm³/mol. The number of hydrogen-bond acceptors (Lipinski definition) is 3. The van der Waals surface area contributed by atoms with Crippen LogP contribution in [0.25, 0.3) is 0 Å². The smallest absolute Gasteiger partial charge is 0.335 e. The van der Waals surface area contributed by atoms with E-state index in [4.69, 9.17) is 15.3 Å². The summed E-state index contributed by atoms with van der Waals surface area (Å²) in [6.45, 7) is 0. The number of aromatic carboxylic acids is 3. The zero-order chi connectivity index (χ0) is 20.1. The van der Waals surface area contributed by atoms with Crippen LogP contribution in [0.1, 0.15) is 31.1 Å². The molecule has 7 N–H and O–H groups in total. The van der Waals surface area contributed by atoms with Gasteiger partial charge in [-0.25, -0.2) is 14.4 Å². The summed E-state index contributed by atoms with van der Waals surface area (Å²) in [4.78, 5) is 30.6. The van der Waals surface area contributed by atoms with Gasteiger partial charge in [0.1, 0.15) is 0 Å². The second kappa shape index (κ2) is 17.6. The summed E-state index contributed by atoms with van der Waals surface area (Å²) in [6.07, 6.45) is 0. The molecule has 0 atom stereocenters. The van der Waals surface area contributed by atoms with Crippen molar-refractivity contribution in [2.24, 2.45) is 0 Å². The molecule has 0 unspecified atom stereocenters. The Bertz CT molecular complexity index is 738. The van der Waals surface area contributed by atoms with Gasteiger partial charge in [-0.15, -0.1) is 0 Å². The topological polar surface area (TPSA) is 175 Å². The van der Waals surface area contributed by atoms with Crippen molar-refractivity contribution < 1.29 is 57.7 Å². The van der Waals surface area contributed by atoms with Crippen molar-refractivity contribution in [1.29, 1.82) is 0 Å². The summed E-state index contributed by atoms with van der Waals surface area (Å²) in [5, 5.41) is 25.2. The van der Waals surface area contributed by atoms with Crippen molar-refractivity contribution >= 4 is 17.9 Å². The summed E-state index contributed by atoms with van der Waals surface area (Å²) >= 11 is 0. The Hall–Kier alpha value is -3.49. The van der Waals surface area contributed by atoms with Crippen molar-refractivity contribution in [1.82, 2.24) is 0 Å². The van der Waals surface area contributed by atoms with Gasteiger partial charge >= 0.3 is 17.9 Å². The first-order valence-electron chi connectivity index (χ1n) is 7.77. The van der Waals surface area contributed by atoms with Gasteiger partial charge in [0.25, 0.3) is 0 Å². The third-order valence-corrected chi connectivity index (χ3v) is 3.06. The van der Waals surface area contributed by atoms with E-state index < -0.39 is 17.9 Å².